The molecule has 2 aromatic carbocycles. The van der Waals surface area contributed by atoms with Gasteiger partial charge in [0.1, 0.15) is 5.82 Å². The van der Waals surface area contributed by atoms with Crippen LogP contribution >= 0.6 is 35.8 Å². The van der Waals surface area contributed by atoms with Gasteiger partial charge in [0.25, 0.3) is 5.91 Å². The number of rotatable bonds is 6. The zero-order valence-corrected chi connectivity index (χ0v) is 21.7. The SMILES string of the molecule is CC(C)CC1CCCN1C(=O)c1ccc(CSc2c(Cl)ccc3c2CCNCC3)cc1F.Cl. The minimum Gasteiger partial charge on any atom is -0.336 e. The summed E-state index contributed by atoms with van der Waals surface area (Å²) < 4.78 is 15.0. The topological polar surface area (TPSA) is 32.3 Å². The van der Waals surface area contributed by atoms with Crippen LogP contribution in [0.4, 0.5) is 4.39 Å². The summed E-state index contributed by atoms with van der Waals surface area (Å²) in [7, 11) is 0. The highest BCUT2D eigenvalue weighted by Crippen LogP contribution is 2.36. The number of thioether (sulfide) groups is 1. The fourth-order valence-corrected chi connectivity index (χ4v) is 6.33. The van der Waals surface area contributed by atoms with E-state index in [1.807, 2.05) is 17.0 Å². The zero-order chi connectivity index (χ0) is 22.7. The standard InChI is InChI=1S/C26H32ClFN2OS.ClH/c1-17(2)14-20-4-3-13-30(20)26(31)22-7-5-18(15-24(22)28)16-32-25-21-10-12-29-11-9-19(21)6-8-23(25)27;/h5-8,15,17,20,29H,3-4,9-14,16H2,1-2H3;1H. The summed E-state index contributed by atoms with van der Waals surface area (Å²) in [5.41, 5.74) is 3.71. The van der Waals surface area contributed by atoms with Crippen LogP contribution in [0.3, 0.4) is 0 Å². The number of carbonyl (C=O) groups excluding carboxylic acids is 1. The van der Waals surface area contributed by atoms with E-state index < -0.39 is 5.82 Å². The normalized spacial score (nSPS) is 18.1. The summed E-state index contributed by atoms with van der Waals surface area (Å²) in [6.45, 7) is 6.99. The van der Waals surface area contributed by atoms with Gasteiger partial charge in [-0.1, -0.05) is 37.6 Å². The lowest BCUT2D eigenvalue weighted by Crippen LogP contribution is -2.36. The first-order valence-electron chi connectivity index (χ1n) is 11.7. The highest BCUT2D eigenvalue weighted by atomic mass is 35.5. The Morgan fingerprint density at radius 1 is 1.24 bits per heavy atom. The van der Waals surface area contributed by atoms with Crippen molar-refractivity contribution in [2.24, 2.45) is 5.92 Å². The van der Waals surface area contributed by atoms with Crippen molar-refractivity contribution in [1.82, 2.24) is 10.2 Å². The first kappa shape index (κ1) is 26.3. The van der Waals surface area contributed by atoms with E-state index in [0.717, 1.165) is 67.2 Å². The van der Waals surface area contributed by atoms with Crippen LogP contribution in [0.5, 0.6) is 0 Å². The summed E-state index contributed by atoms with van der Waals surface area (Å²) >= 11 is 8.19. The number of fused-ring (bicyclic) bond motifs is 1. The third-order valence-electron chi connectivity index (χ3n) is 6.46. The largest absolute Gasteiger partial charge is 0.336 e. The average molecular weight is 512 g/mol. The van der Waals surface area contributed by atoms with Crippen LogP contribution in [0.25, 0.3) is 0 Å². The monoisotopic (exact) mass is 510 g/mol. The van der Waals surface area contributed by atoms with Crippen molar-refractivity contribution in [2.45, 2.75) is 62.6 Å². The molecule has 0 radical (unpaired) electrons. The number of hydrogen-bond acceptors (Lipinski definition) is 3. The molecular formula is C26H33Cl2FN2OS. The summed E-state index contributed by atoms with van der Waals surface area (Å²) in [6, 6.07) is 9.38. The van der Waals surface area contributed by atoms with E-state index in [2.05, 4.69) is 25.2 Å². The Labute approximate surface area is 212 Å². The van der Waals surface area contributed by atoms with Crippen molar-refractivity contribution < 1.29 is 9.18 Å². The number of nitrogens with zero attached hydrogens (tertiary/aromatic N) is 1. The molecule has 1 fully saturated rings. The van der Waals surface area contributed by atoms with E-state index in [4.69, 9.17) is 11.6 Å². The van der Waals surface area contributed by atoms with Gasteiger partial charge in [-0.05, 0) is 86.0 Å². The minimum absolute atomic E-state index is 0. The minimum atomic E-state index is -0.425. The van der Waals surface area contributed by atoms with Gasteiger partial charge in [-0.3, -0.25) is 4.79 Å². The van der Waals surface area contributed by atoms with Crippen LogP contribution in [0.1, 0.15) is 60.2 Å². The molecule has 180 valence electrons. The molecule has 4 rings (SSSR count). The van der Waals surface area contributed by atoms with Gasteiger partial charge in [0, 0.05) is 23.2 Å². The Bertz CT molecular complexity index is 985. The molecule has 1 unspecified atom stereocenters. The Hall–Kier alpha value is -1.27. The van der Waals surface area contributed by atoms with Crippen LogP contribution in [-0.4, -0.2) is 36.5 Å². The van der Waals surface area contributed by atoms with Crippen molar-refractivity contribution in [3.05, 3.63) is 63.4 Å². The number of halogens is 3. The molecule has 2 heterocycles. The smallest absolute Gasteiger partial charge is 0.257 e. The number of nitrogens with one attached hydrogen (secondary N) is 1. The molecule has 2 aromatic rings. The number of amides is 1. The lowest BCUT2D eigenvalue weighted by molar-refractivity contribution is 0.0717. The summed E-state index contributed by atoms with van der Waals surface area (Å²) in [4.78, 5) is 16.0. The molecule has 1 atom stereocenters. The van der Waals surface area contributed by atoms with Crippen LogP contribution in [0.15, 0.2) is 35.2 Å². The fourth-order valence-electron chi connectivity index (χ4n) is 4.89. The first-order chi connectivity index (χ1) is 15.4. The summed E-state index contributed by atoms with van der Waals surface area (Å²) in [6.07, 6.45) is 4.93. The third kappa shape index (κ3) is 6.25. The molecular weight excluding hydrogens is 478 g/mol. The van der Waals surface area contributed by atoms with Crippen LogP contribution in [0.2, 0.25) is 5.02 Å². The predicted octanol–water partition coefficient (Wildman–Crippen LogP) is 6.53. The van der Waals surface area contributed by atoms with Gasteiger partial charge in [-0.25, -0.2) is 4.39 Å². The van der Waals surface area contributed by atoms with Gasteiger partial charge < -0.3 is 10.2 Å². The Morgan fingerprint density at radius 2 is 2.03 bits per heavy atom. The molecule has 2 aliphatic heterocycles. The molecule has 0 saturated carbocycles. The average Bonchev–Trinajstić information content (AvgIpc) is 3.07. The van der Waals surface area contributed by atoms with Gasteiger partial charge in [0.15, 0.2) is 0 Å². The molecule has 3 nitrogen and oxygen atoms in total. The Balaban J connectivity index is 0.00000306. The molecule has 1 saturated heterocycles. The second-order valence-electron chi connectivity index (χ2n) is 9.29. The van der Waals surface area contributed by atoms with Crippen LogP contribution in [-0.2, 0) is 18.6 Å². The zero-order valence-electron chi connectivity index (χ0n) is 19.3. The Morgan fingerprint density at radius 3 is 2.79 bits per heavy atom. The van der Waals surface area contributed by atoms with Gasteiger partial charge >= 0.3 is 0 Å². The highest BCUT2D eigenvalue weighted by Gasteiger charge is 2.31. The van der Waals surface area contributed by atoms with Gasteiger partial charge in [-0.15, -0.1) is 24.2 Å². The number of carbonyl (C=O) groups is 1. The quantitative estimate of drug-likeness (QED) is 0.448. The lowest BCUT2D eigenvalue weighted by Gasteiger charge is -2.26. The molecule has 7 heteroatoms. The van der Waals surface area contributed by atoms with Crippen LogP contribution < -0.4 is 5.32 Å². The highest BCUT2D eigenvalue weighted by molar-refractivity contribution is 7.98. The fraction of sp³-hybridized carbons (Fsp3) is 0.500. The molecule has 33 heavy (non-hydrogen) atoms. The van der Waals surface area contributed by atoms with E-state index in [9.17, 15) is 9.18 Å². The van der Waals surface area contributed by atoms with Gasteiger partial charge in [0.2, 0.25) is 0 Å². The molecule has 1 N–H and O–H groups in total. The van der Waals surface area contributed by atoms with Crippen molar-refractivity contribution in [1.29, 1.82) is 0 Å². The second kappa shape index (κ2) is 11.9. The lowest BCUT2D eigenvalue weighted by atomic mass is 10.0. The van der Waals surface area contributed by atoms with Crippen molar-refractivity contribution in [3.8, 4) is 0 Å². The van der Waals surface area contributed by atoms with E-state index in [0.29, 0.717) is 11.7 Å². The molecule has 0 aliphatic carbocycles. The maximum absolute atomic E-state index is 15.0. The van der Waals surface area contributed by atoms with E-state index in [1.54, 1.807) is 17.8 Å². The molecule has 2 aliphatic rings. The van der Waals surface area contributed by atoms with Crippen molar-refractivity contribution in [2.75, 3.05) is 19.6 Å². The van der Waals surface area contributed by atoms with Gasteiger partial charge in [0.05, 0.1) is 10.6 Å². The number of benzene rings is 2. The van der Waals surface area contributed by atoms with Crippen molar-refractivity contribution >= 4 is 41.7 Å². The number of likely N-dealkylation sites (tertiary alicyclic amines) is 1. The van der Waals surface area contributed by atoms with E-state index >= 15 is 0 Å². The summed E-state index contributed by atoms with van der Waals surface area (Å²) in [5, 5.41) is 4.20. The number of hydrogen-bond donors (Lipinski definition) is 1. The van der Waals surface area contributed by atoms with Crippen molar-refractivity contribution in [3.63, 3.8) is 0 Å². The molecule has 1 amide bonds. The molecule has 0 aromatic heterocycles. The predicted molar refractivity (Wildman–Crippen MR) is 138 cm³/mol. The first-order valence-corrected chi connectivity index (χ1v) is 13.0. The summed E-state index contributed by atoms with van der Waals surface area (Å²) in [5.74, 6) is 0.543. The Kier molecular flexibility index (Phi) is 9.52. The van der Waals surface area contributed by atoms with E-state index in [-0.39, 0.29) is 29.9 Å². The molecule has 0 bridgehead atoms. The third-order valence-corrected chi connectivity index (χ3v) is 8.12. The molecule has 0 spiro atoms. The van der Waals surface area contributed by atoms with Gasteiger partial charge in [-0.2, -0.15) is 0 Å². The maximum atomic E-state index is 15.0. The van der Waals surface area contributed by atoms with E-state index in [1.165, 1.54) is 17.2 Å². The van der Waals surface area contributed by atoms with Crippen LogP contribution in [0, 0.1) is 11.7 Å². The second-order valence-corrected chi connectivity index (χ2v) is 10.7. The maximum Gasteiger partial charge on any atom is 0.257 e.